The first-order chi connectivity index (χ1) is 15.3. The maximum atomic E-state index is 15.3. The fraction of sp³-hybridized carbons (Fsp3) is 0.381. The molecular weight excluding hydrogens is 431 g/mol. The van der Waals surface area contributed by atoms with Gasteiger partial charge in [-0.1, -0.05) is 6.07 Å². The third-order valence-corrected chi connectivity index (χ3v) is 5.36. The molecule has 2 aromatic carbocycles. The largest absolute Gasteiger partial charge is 0.496 e. The summed E-state index contributed by atoms with van der Waals surface area (Å²) in [5, 5.41) is 39.6. The number of methoxy groups -OCH3 is 2. The number of rotatable bonds is 5. The Labute approximate surface area is 179 Å². The molecular formula is C21H21FO10. The first-order valence-electron chi connectivity index (χ1n) is 9.59. The summed E-state index contributed by atoms with van der Waals surface area (Å²) in [4.78, 5) is 12.6. The van der Waals surface area contributed by atoms with Crippen molar-refractivity contribution in [1.29, 1.82) is 0 Å². The van der Waals surface area contributed by atoms with Crippen LogP contribution in [0, 0.1) is 5.82 Å². The van der Waals surface area contributed by atoms with Gasteiger partial charge in [-0.2, -0.15) is 0 Å². The monoisotopic (exact) mass is 452 g/mol. The summed E-state index contributed by atoms with van der Waals surface area (Å²) in [7, 11) is 2.61. The third kappa shape index (κ3) is 3.44. The number of benzene rings is 2. The highest BCUT2D eigenvalue weighted by atomic mass is 19.1. The molecule has 4 rings (SSSR count). The second-order valence-electron chi connectivity index (χ2n) is 7.18. The van der Waals surface area contributed by atoms with Gasteiger partial charge in [-0.3, -0.25) is 0 Å². The highest BCUT2D eigenvalue weighted by molar-refractivity contribution is 6.10. The third-order valence-electron chi connectivity index (χ3n) is 5.36. The van der Waals surface area contributed by atoms with Gasteiger partial charge in [0.15, 0.2) is 11.3 Å². The number of hydrogen-bond acceptors (Lipinski definition) is 10. The number of ether oxygens (including phenoxy) is 4. The predicted octanol–water partition coefficient (Wildman–Crippen LogP) is 0.281. The van der Waals surface area contributed by atoms with Crippen LogP contribution < -0.4 is 19.8 Å². The van der Waals surface area contributed by atoms with Crippen LogP contribution in [0.15, 0.2) is 33.5 Å². The van der Waals surface area contributed by atoms with Crippen molar-refractivity contribution in [2.45, 2.75) is 30.7 Å². The first kappa shape index (κ1) is 22.2. The second kappa shape index (κ2) is 8.52. The molecule has 3 aromatic rings. The van der Waals surface area contributed by atoms with Crippen LogP contribution in [-0.2, 0) is 4.74 Å². The molecule has 0 amide bonds. The quantitative estimate of drug-likeness (QED) is 0.314. The molecule has 32 heavy (non-hydrogen) atoms. The van der Waals surface area contributed by atoms with Gasteiger partial charge in [0, 0.05) is 11.5 Å². The van der Waals surface area contributed by atoms with E-state index in [9.17, 15) is 25.2 Å². The van der Waals surface area contributed by atoms with Crippen LogP contribution in [0.3, 0.4) is 0 Å². The maximum absolute atomic E-state index is 15.3. The second-order valence-corrected chi connectivity index (χ2v) is 7.18. The topological polar surface area (TPSA) is 148 Å². The van der Waals surface area contributed by atoms with Gasteiger partial charge in [-0.05, 0) is 12.1 Å². The summed E-state index contributed by atoms with van der Waals surface area (Å²) in [5.41, 5.74) is -1.04. The van der Waals surface area contributed by atoms with Gasteiger partial charge < -0.3 is 43.8 Å². The van der Waals surface area contributed by atoms with Crippen LogP contribution in [0.4, 0.5) is 4.39 Å². The van der Waals surface area contributed by atoms with Gasteiger partial charge >= 0.3 is 5.63 Å². The van der Waals surface area contributed by atoms with Crippen molar-refractivity contribution in [1.82, 2.24) is 0 Å². The first-order valence-corrected chi connectivity index (χ1v) is 9.59. The minimum absolute atomic E-state index is 0.0879. The summed E-state index contributed by atoms with van der Waals surface area (Å²) in [6, 6.07) is 5.53. The number of hydrogen-bond donors (Lipinski definition) is 4. The molecule has 0 radical (unpaired) electrons. The lowest BCUT2D eigenvalue weighted by atomic mass is 9.99. The van der Waals surface area contributed by atoms with Crippen LogP contribution in [0.2, 0.25) is 0 Å². The van der Waals surface area contributed by atoms with E-state index in [1.165, 1.54) is 20.3 Å². The van der Waals surface area contributed by atoms with Crippen LogP contribution in [0.1, 0.15) is 0 Å². The molecule has 0 bridgehead atoms. The van der Waals surface area contributed by atoms with E-state index in [4.69, 9.17) is 23.4 Å². The van der Waals surface area contributed by atoms with Gasteiger partial charge in [0.25, 0.3) is 0 Å². The zero-order valence-electron chi connectivity index (χ0n) is 17.0. The molecule has 11 heteroatoms. The summed E-state index contributed by atoms with van der Waals surface area (Å²) >= 11 is 0. The van der Waals surface area contributed by atoms with E-state index >= 15 is 4.39 Å². The molecule has 5 atom stereocenters. The minimum Gasteiger partial charge on any atom is -0.496 e. The normalized spacial score (nSPS) is 25.8. The van der Waals surface area contributed by atoms with Gasteiger partial charge in [0.2, 0.25) is 12.0 Å². The fourth-order valence-corrected chi connectivity index (χ4v) is 3.76. The van der Waals surface area contributed by atoms with Crippen molar-refractivity contribution in [2.24, 2.45) is 0 Å². The average Bonchev–Trinajstić information content (AvgIpc) is 2.79. The van der Waals surface area contributed by atoms with E-state index in [1.54, 1.807) is 12.1 Å². The Balaban J connectivity index is 1.89. The molecule has 1 saturated heterocycles. The van der Waals surface area contributed by atoms with Crippen molar-refractivity contribution in [3.05, 3.63) is 40.5 Å². The average molecular weight is 452 g/mol. The zero-order chi connectivity index (χ0) is 23.2. The highest BCUT2D eigenvalue weighted by Gasteiger charge is 2.45. The molecule has 172 valence electrons. The van der Waals surface area contributed by atoms with E-state index in [-0.39, 0.29) is 39.0 Å². The lowest BCUT2D eigenvalue weighted by Gasteiger charge is -2.39. The Hall–Kier alpha value is -2.96. The molecule has 1 aliphatic heterocycles. The Bertz CT molecular complexity index is 1210. The van der Waals surface area contributed by atoms with E-state index < -0.39 is 48.8 Å². The van der Waals surface area contributed by atoms with Gasteiger partial charge in [-0.25, -0.2) is 9.18 Å². The zero-order valence-corrected chi connectivity index (χ0v) is 17.0. The van der Waals surface area contributed by atoms with E-state index in [2.05, 4.69) is 0 Å². The lowest BCUT2D eigenvalue weighted by Crippen LogP contribution is -2.60. The fourth-order valence-electron chi connectivity index (χ4n) is 3.76. The summed E-state index contributed by atoms with van der Waals surface area (Å²) < 4.78 is 42.0. The summed E-state index contributed by atoms with van der Waals surface area (Å²) in [6.45, 7) is -0.672. The molecule has 0 spiro atoms. The highest BCUT2D eigenvalue weighted by Crippen LogP contribution is 2.42. The Morgan fingerprint density at radius 3 is 2.44 bits per heavy atom. The smallest absolute Gasteiger partial charge is 0.344 e. The summed E-state index contributed by atoms with van der Waals surface area (Å²) in [5.74, 6) is -1.09. The molecule has 0 saturated carbocycles. The number of halogens is 1. The minimum atomic E-state index is -1.74. The van der Waals surface area contributed by atoms with Crippen LogP contribution in [0.25, 0.3) is 21.7 Å². The van der Waals surface area contributed by atoms with Crippen molar-refractivity contribution < 1.29 is 48.2 Å². The Morgan fingerprint density at radius 2 is 1.78 bits per heavy atom. The SMILES string of the molecule is COc1c(O[C@@H]2O[C@H](CO)[C@@H](O)[C@H](O)[C@H]2O)cc(F)c2c1oc(=O)c1cccc(OC)c12. The molecule has 2 heterocycles. The standard InChI is InChI=1S/C21H21FO10/c1-28-10-5-3-4-8-13(10)14-9(22)6-11(18(29-2)19(14)32-20(8)27)30-21-17(26)16(25)15(24)12(7-23)31-21/h3-6,12,15-17,21,23-26H,7H2,1-2H3/t12-,15-,16+,17-,21-/m1/s1. The van der Waals surface area contributed by atoms with Crippen molar-refractivity contribution in [3.8, 4) is 17.2 Å². The van der Waals surface area contributed by atoms with Crippen LogP contribution in [0.5, 0.6) is 17.2 Å². The predicted molar refractivity (Wildman–Crippen MR) is 107 cm³/mol. The Morgan fingerprint density at radius 1 is 1.03 bits per heavy atom. The molecule has 1 aromatic heterocycles. The maximum Gasteiger partial charge on any atom is 0.344 e. The van der Waals surface area contributed by atoms with Gasteiger partial charge in [-0.15, -0.1) is 0 Å². The Kier molecular flexibility index (Phi) is 5.93. The van der Waals surface area contributed by atoms with Gasteiger partial charge in [0.05, 0.1) is 31.6 Å². The van der Waals surface area contributed by atoms with Crippen LogP contribution in [-0.4, -0.2) is 72.0 Å². The molecule has 4 N–H and O–H groups in total. The molecule has 0 aliphatic carbocycles. The van der Waals surface area contributed by atoms with Crippen molar-refractivity contribution in [3.63, 3.8) is 0 Å². The summed E-state index contributed by atoms with van der Waals surface area (Å²) in [6.07, 6.45) is -7.87. The number of aliphatic hydroxyl groups excluding tert-OH is 4. The molecule has 0 unspecified atom stereocenters. The molecule has 1 fully saturated rings. The number of fused-ring (bicyclic) bond motifs is 3. The molecule has 1 aliphatic rings. The van der Waals surface area contributed by atoms with Crippen LogP contribution >= 0.6 is 0 Å². The number of aliphatic hydroxyl groups is 4. The molecule has 10 nitrogen and oxygen atoms in total. The lowest BCUT2D eigenvalue weighted by molar-refractivity contribution is -0.277. The van der Waals surface area contributed by atoms with E-state index in [0.717, 1.165) is 6.07 Å². The van der Waals surface area contributed by atoms with E-state index in [0.29, 0.717) is 0 Å². The van der Waals surface area contributed by atoms with Crippen molar-refractivity contribution >= 4 is 21.7 Å². The van der Waals surface area contributed by atoms with E-state index in [1.807, 2.05) is 0 Å². The van der Waals surface area contributed by atoms with Crippen molar-refractivity contribution in [2.75, 3.05) is 20.8 Å². The van der Waals surface area contributed by atoms with Gasteiger partial charge in [0.1, 0.15) is 36.0 Å².